The van der Waals surface area contributed by atoms with Crippen molar-refractivity contribution in [3.05, 3.63) is 29.8 Å². The monoisotopic (exact) mass is 291 g/mol. The summed E-state index contributed by atoms with van der Waals surface area (Å²) in [5, 5.41) is 18.1. The van der Waals surface area contributed by atoms with Crippen LogP contribution in [0.15, 0.2) is 24.3 Å². The van der Waals surface area contributed by atoms with Crippen LogP contribution in [0.25, 0.3) is 0 Å². The van der Waals surface area contributed by atoms with Gasteiger partial charge in [0.05, 0.1) is 0 Å². The summed E-state index contributed by atoms with van der Waals surface area (Å²) in [6, 6.07) is 7.21. The van der Waals surface area contributed by atoms with Crippen molar-refractivity contribution < 1.29 is 19.6 Å². The zero-order valence-electron chi connectivity index (χ0n) is 12.7. The van der Waals surface area contributed by atoms with Crippen molar-refractivity contribution in [1.82, 2.24) is 4.90 Å². The molecule has 1 amide bonds. The zero-order chi connectivity index (χ0) is 15.6. The topological polar surface area (TPSA) is 70.0 Å². The summed E-state index contributed by atoms with van der Waals surface area (Å²) >= 11 is 0. The fraction of sp³-hybridized carbons (Fsp3) is 0.533. The summed E-state index contributed by atoms with van der Waals surface area (Å²) < 4.78 is 5.31. The van der Waals surface area contributed by atoms with Gasteiger partial charge in [-0.1, -0.05) is 24.3 Å². The number of hydrogen-bond acceptors (Lipinski definition) is 4. The van der Waals surface area contributed by atoms with Gasteiger partial charge in [-0.15, -0.1) is 0 Å². The lowest BCUT2D eigenvalue weighted by atomic mass is 9.79. The first-order chi connectivity index (χ1) is 9.74. The standard InChI is InChI=1S/C15H22BNO4/c1-15(2,3)21-14(18)17-9-12(10-17)8-11-4-6-13(7-5-11)16(19)20/h4-7,12,19-20H,8-10H2,1-3H3. The highest BCUT2D eigenvalue weighted by Crippen LogP contribution is 2.22. The molecule has 5 nitrogen and oxygen atoms in total. The third-order valence-electron chi connectivity index (χ3n) is 3.41. The number of likely N-dealkylation sites (tertiary alicyclic amines) is 1. The van der Waals surface area contributed by atoms with Crippen LogP contribution in [-0.2, 0) is 11.2 Å². The van der Waals surface area contributed by atoms with Crippen molar-refractivity contribution in [2.75, 3.05) is 13.1 Å². The van der Waals surface area contributed by atoms with Crippen molar-refractivity contribution in [2.45, 2.75) is 32.8 Å². The molecule has 2 N–H and O–H groups in total. The van der Waals surface area contributed by atoms with Gasteiger partial charge in [0.15, 0.2) is 0 Å². The van der Waals surface area contributed by atoms with Crippen molar-refractivity contribution in [1.29, 1.82) is 0 Å². The number of rotatable bonds is 3. The molecule has 0 unspecified atom stereocenters. The van der Waals surface area contributed by atoms with Gasteiger partial charge in [0.25, 0.3) is 0 Å². The fourth-order valence-electron chi connectivity index (χ4n) is 2.33. The first-order valence-corrected chi connectivity index (χ1v) is 7.17. The van der Waals surface area contributed by atoms with Crippen LogP contribution in [0.4, 0.5) is 4.79 Å². The van der Waals surface area contributed by atoms with Gasteiger partial charge in [0, 0.05) is 13.1 Å². The van der Waals surface area contributed by atoms with E-state index in [1.165, 1.54) is 0 Å². The van der Waals surface area contributed by atoms with E-state index in [0.29, 0.717) is 24.5 Å². The highest BCUT2D eigenvalue weighted by molar-refractivity contribution is 6.58. The molecule has 2 rings (SSSR count). The minimum Gasteiger partial charge on any atom is -0.444 e. The molecule has 1 aliphatic heterocycles. The number of ether oxygens (including phenoxy) is 1. The van der Waals surface area contributed by atoms with E-state index in [1.54, 1.807) is 17.0 Å². The molecule has 21 heavy (non-hydrogen) atoms. The van der Waals surface area contributed by atoms with Gasteiger partial charge in [-0.25, -0.2) is 4.79 Å². The summed E-state index contributed by atoms with van der Waals surface area (Å²) in [5.41, 5.74) is 1.17. The van der Waals surface area contributed by atoms with Gasteiger partial charge in [-0.2, -0.15) is 0 Å². The Morgan fingerprint density at radius 2 is 1.86 bits per heavy atom. The van der Waals surface area contributed by atoms with Gasteiger partial charge in [-0.3, -0.25) is 0 Å². The van der Waals surface area contributed by atoms with Crippen molar-refractivity contribution in [3.63, 3.8) is 0 Å². The maximum atomic E-state index is 11.8. The van der Waals surface area contributed by atoms with Crippen LogP contribution in [0, 0.1) is 5.92 Å². The highest BCUT2D eigenvalue weighted by Gasteiger charge is 2.33. The number of benzene rings is 1. The molecule has 0 aliphatic carbocycles. The number of hydrogen-bond donors (Lipinski definition) is 2. The average molecular weight is 291 g/mol. The van der Waals surface area contributed by atoms with Gasteiger partial charge in [-0.05, 0) is 44.1 Å². The summed E-state index contributed by atoms with van der Waals surface area (Å²) in [6.07, 6.45) is 0.624. The maximum absolute atomic E-state index is 11.8. The van der Waals surface area contributed by atoms with Gasteiger partial charge in [0.2, 0.25) is 0 Å². The maximum Gasteiger partial charge on any atom is 0.488 e. The molecule has 1 aliphatic rings. The van der Waals surface area contributed by atoms with Crippen molar-refractivity contribution in [3.8, 4) is 0 Å². The van der Waals surface area contributed by atoms with Crippen molar-refractivity contribution >= 4 is 18.7 Å². The minimum absolute atomic E-state index is 0.252. The van der Waals surface area contributed by atoms with E-state index in [2.05, 4.69) is 0 Å². The molecule has 6 heteroatoms. The number of amides is 1. The molecule has 1 aromatic rings. The lowest BCUT2D eigenvalue weighted by molar-refractivity contribution is -0.000879. The predicted octanol–water partition coefficient (Wildman–Crippen LogP) is 0.776. The van der Waals surface area contributed by atoms with Crippen molar-refractivity contribution in [2.24, 2.45) is 5.92 Å². The smallest absolute Gasteiger partial charge is 0.444 e. The second-order valence-corrected chi connectivity index (χ2v) is 6.57. The second kappa shape index (κ2) is 6.07. The molecule has 0 aromatic heterocycles. The Labute approximate surface area is 125 Å². The molecule has 0 radical (unpaired) electrons. The molecule has 1 aromatic carbocycles. The van der Waals surface area contributed by atoms with Crippen LogP contribution in [0.1, 0.15) is 26.3 Å². The summed E-state index contributed by atoms with van der Waals surface area (Å²) in [7, 11) is -1.43. The lowest BCUT2D eigenvalue weighted by Gasteiger charge is -2.40. The van der Waals surface area contributed by atoms with Crippen LogP contribution in [0.2, 0.25) is 0 Å². The van der Waals surface area contributed by atoms with E-state index < -0.39 is 12.7 Å². The van der Waals surface area contributed by atoms with Crippen LogP contribution < -0.4 is 5.46 Å². The number of carbonyl (C=O) groups is 1. The Morgan fingerprint density at radius 3 is 2.33 bits per heavy atom. The van der Waals surface area contributed by atoms with Gasteiger partial charge < -0.3 is 19.7 Å². The summed E-state index contributed by atoms with van der Waals surface area (Å²) in [5.74, 6) is 0.433. The normalized spacial score (nSPS) is 15.6. The lowest BCUT2D eigenvalue weighted by Crippen LogP contribution is -2.52. The molecule has 1 fully saturated rings. The third kappa shape index (κ3) is 4.47. The predicted molar refractivity (Wildman–Crippen MR) is 81.3 cm³/mol. The van der Waals surface area contributed by atoms with Crippen LogP contribution in [0.3, 0.4) is 0 Å². The average Bonchev–Trinajstić information content (AvgIpc) is 2.31. The van der Waals surface area contributed by atoms with Crippen LogP contribution in [0.5, 0.6) is 0 Å². The quantitative estimate of drug-likeness (QED) is 0.807. The number of nitrogens with zero attached hydrogens (tertiary/aromatic N) is 1. The van der Waals surface area contributed by atoms with Crippen LogP contribution in [-0.4, -0.2) is 46.9 Å². The molecule has 1 heterocycles. The highest BCUT2D eigenvalue weighted by atomic mass is 16.6. The zero-order valence-corrected chi connectivity index (χ0v) is 12.7. The van der Waals surface area contributed by atoms with E-state index in [0.717, 1.165) is 12.0 Å². The third-order valence-corrected chi connectivity index (χ3v) is 3.41. The molecule has 1 saturated heterocycles. The van der Waals surface area contributed by atoms with E-state index in [-0.39, 0.29) is 6.09 Å². The molecule has 0 saturated carbocycles. The minimum atomic E-state index is -1.43. The van der Waals surface area contributed by atoms with E-state index in [9.17, 15) is 4.79 Å². The van der Waals surface area contributed by atoms with Crippen LogP contribution >= 0.6 is 0 Å². The Morgan fingerprint density at radius 1 is 1.29 bits per heavy atom. The first kappa shape index (κ1) is 15.9. The fourth-order valence-corrected chi connectivity index (χ4v) is 2.33. The Balaban J connectivity index is 1.79. The van der Waals surface area contributed by atoms with Gasteiger partial charge >= 0.3 is 13.2 Å². The molecule has 0 spiro atoms. The van der Waals surface area contributed by atoms with E-state index in [4.69, 9.17) is 14.8 Å². The first-order valence-electron chi connectivity index (χ1n) is 7.17. The molecule has 0 bridgehead atoms. The summed E-state index contributed by atoms with van der Waals surface area (Å²) in [6.45, 7) is 7.00. The molecule has 0 atom stereocenters. The number of carbonyl (C=O) groups excluding carboxylic acids is 1. The Kier molecular flexibility index (Phi) is 4.59. The van der Waals surface area contributed by atoms with E-state index in [1.807, 2.05) is 32.9 Å². The molecule has 114 valence electrons. The second-order valence-electron chi connectivity index (χ2n) is 6.57. The Hall–Kier alpha value is -1.53. The van der Waals surface area contributed by atoms with E-state index >= 15 is 0 Å². The molecular formula is C15H22BNO4. The Bertz CT molecular complexity index is 489. The largest absolute Gasteiger partial charge is 0.488 e. The van der Waals surface area contributed by atoms with Gasteiger partial charge in [0.1, 0.15) is 5.60 Å². The summed E-state index contributed by atoms with van der Waals surface area (Å²) in [4.78, 5) is 13.5. The molecular weight excluding hydrogens is 269 g/mol. The SMILES string of the molecule is CC(C)(C)OC(=O)N1CC(Cc2ccc(B(O)O)cc2)C1.